The van der Waals surface area contributed by atoms with Gasteiger partial charge >= 0.3 is 0 Å². The third-order valence-electron chi connectivity index (χ3n) is 2.73. The highest BCUT2D eigenvalue weighted by atomic mass is 79.9. The zero-order valence-corrected chi connectivity index (χ0v) is 12.8. The summed E-state index contributed by atoms with van der Waals surface area (Å²) in [6.07, 6.45) is 1.84. The fraction of sp³-hybridized carbons (Fsp3) is 0.308. The number of hydrogen-bond acceptors (Lipinski definition) is 4. The molecule has 0 saturated heterocycles. The molecule has 7 heteroatoms. The number of rotatable bonds is 5. The SMILES string of the molecule is CC(C)NCc1ccn(-c2ccc([N+](=O)[O-])c(Br)c2)n1. The van der Waals surface area contributed by atoms with Gasteiger partial charge in [0.1, 0.15) is 0 Å². The van der Waals surface area contributed by atoms with Crippen molar-refractivity contribution in [2.45, 2.75) is 26.4 Å². The number of aromatic nitrogens is 2. The fourth-order valence-corrected chi connectivity index (χ4v) is 2.21. The molecule has 1 N–H and O–H groups in total. The molecule has 2 rings (SSSR count). The maximum atomic E-state index is 10.8. The molecule has 0 fully saturated rings. The molecule has 0 amide bonds. The standard InChI is InChI=1S/C13H15BrN4O2/c1-9(2)15-8-10-5-6-17(16-10)11-3-4-13(18(19)20)12(14)7-11/h3-7,9,15H,8H2,1-2H3. The van der Waals surface area contributed by atoms with Crippen LogP contribution in [-0.4, -0.2) is 20.7 Å². The van der Waals surface area contributed by atoms with Gasteiger partial charge in [-0.3, -0.25) is 10.1 Å². The molecule has 0 atom stereocenters. The van der Waals surface area contributed by atoms with Crippen LogP contribution in [0.3, 0.4) is 0 Å². The largest absolute Gasteiger partial charge is 0.309 e. The fourth-order valence-electron chi connectivity index (χ4n) is 1.69. The van der Waals surface area contributed by atoms with Gasteiger partial charge in [-0.05, 0) is 34.1 Å². The van der Waals surface area contributed by atoms with E-state index in [2.05, 4.69) is 40.2 Å². The van der Waals surface area contributed by atoms with Crippen LogP contribution in [0.15, 0.2) is 34.9 Å². The second-order valence-corrected chi connectivity index (χ2v) is 5.53. The molecule has 2 aromatic rings. The van der Waals surface area contributed by atoms with Crippen LogP contribution in [-0.2, 0) is 6.54 Å². The first-order chi connectivity index (χ1) is 9.47. The highest BCUT2D eigenvalue weighted by Crippen LogP contribution is 2.26. The van der Waals surface area contributed by atoms with Crippen LogP contribution in [0.2, 0.25) is 0 Å². The van der Waals surface area contributed by atoms with Crippen molar-refractivity contribution in [1.82, 2.24) is 15.1 Å². The predicted octanol–water partition coefficient (Wildman–Crippen LogP) is 3.04. The highest BCUT2D eigenvalue weighted by molar-refractivity contribution is 9.10. The highest BCUT2D eigenvalue weighted by Gasteiger charge is 2.12. The van der Waals surface area contributed by atoms with Crippen molar-refractivity contribution in [3.05, 3.63) is 50.7 Å². The summed E-state index contributed by atoms with van der Waals surface area (Å²) in [5, 5.41) is 18.5. The van der Waals surface area contributed by atoms with Gasteiger partial charge in [0, 0.05) is 24.8 Å². The Bertz CT molecular complexity index is 625. The third kappa shape index (κ3) is 3.43. The minimum absolute atomic E-state index is 0.0441. The number of nitrogens with zero attached hydrogens (tertiary/aromatic N) is 3. The smallest absolute Gasteiger partial charge is 0.283 e. The van der Waals surface area contributed by atoms with Crippen molar-refractivity contribution in [3.63, 3.8) is 0 Å². The Morgan fingerprint density at radius 3 is 2.80 bits per heavy atom. The zero-order valence-electron chi connectivity index (χ0n) is 11.2. The molecule has 0 spiro atoms. The maximum absolute atomic E-state index is 10.8. The van der Waals surface area contributed by atoms with E-state index >= 15 is 0 Å². The average molecular weight is 339 g/mol. The zero-order chi connectivity index (χ0) is 14.7. The first kappa shape index (κ1) is 14.7. The van der Waals surface area contributed by atoms with Crippen LogP contribution in [0.4, 0.5) is 5.69 Å². The molecule has 0 radical (unpaired) electrons. The van der Waals surface area contributed by atoms with E-state index in [0.717, 1.165) is 11.4 Å². The van der Waals surface area contributed by atoms with Gasteiger partial charge < -0.3 is 5.32 Å². The lowest BCUT2D eigenvalue weighted by atomic mass is 10.3. The summed E-state index contributed by atoms with van der Waals surface area (Å²) in [7, 11) is 0. The van der Waals surface area contributed by atoms with Crippen molar-refractivity contribution >= 4 is 21.6 Å². The van der Waals surface area contributed by atoms with Gasteiger partial charge in [0.05, 0.1) is 20.8 Å². The Labute approximate surface area is 125 Å². The van der Waals surface area contributed by atoms with Gasteiger partial charge in [-0.15, -0.1) is 0 Å². The molecular formula is C13H15BrN4O2. The van der Waals surface area contributed by atoms with Gasteiger partial charge in [0.2, 0.25) is 0 Å². The quantitative estimate of drug-likeness (QED) is 0.671. The maximum Gasteiger partial charge on any atom is 0.283 e. The summed E-state index contributed by atoms with van der Waals surface area (Å²) in [5.74, 6) is 0. The summed E-state index contributed by atoms with van der Waals surface area (Å²) < 4.78 is 2.14. The predicted molar refractivity (Wildman–Crippen MR) is 79.9 cm³/mol. The molecule has 1 heterocycles. The molecule has 6 nitrogen and oxygen atoms in total. The molecule has 1 aromatic heterocycles. The van der Waals surface area contributed by atoms with Crippen LogP contribution >= 0.6 is 15.9 Å². The van der Waals surface area contributed by atoms with Gasteiger partial charge in [-0.2, -0.15) is 5.10 Å². The van der Waals surface area contributed by atoms with E-state index in [4.69, 9.17) is 0 Å². The van der Waals surface area contributed by atoms with Gasteiger partial charge in [-0.1, -0.05) is 13.8 Å². The Morgan fingerprint density at radius 2 is 2.20 bits per heavy atom. The lowest BCUT2D eigenvalue weighted by Crippen LogP contribution is -2.22. The number of nitrogens with one attached hydrogen (secondary N) is 1. The van der Waals surface area contributed by atoms with Crippen molar-refractivity contribution in [1.29, 1.82) is 0 Å². The molecule has 0 saturated carbocycles. The second kappa shape index (κ2) is 6.15. The van der Waals surface area contributed by atoms with Crippen LogP contribution < -0.4 is 5.32 Å². The monoisotopic (exact) mass is 338 g/mol. The first-order valence-corrected chi connectivity index (χ1v) is 6.99. The van der Waals surface area contributed by atoms with Crippen molar-refractivity contribution in [2.24, 2.45) is 0 Å². The molecule has 1 aromatic carbocycles. The minimum Gasteiger partial charge on any atom is -0.309 e. The molecule has 0 bridgehead atoms. The summed E-state index contributed by atoms with van der Waals surface area (Å²) in [5.41, 5.74) is 1.74. The Kier molecular flexibility index (Phi) is 4.51. The molecule has 106 valence electrons. The van der Waals surface area contributed by atoms with Gasteiger partial charge in [0.25, 0.3) is 5.69 Å². The average Bonchev–Trinajstić information content (AvgIpc) is 2.84. The van der Waals surface area contributed by atoms with Crippen molar-refractivity contribution in [2.75, 3.05) is 0 Å². The summed E-state index contributed by atoms with van der Waals surface area (Å²) in [6, 6.07) is 7.15. The number of halogens is 1. The Balaban J connectivity index is 2.20. The van der Waals surface area contributed by atoms with E-state index in [1.807, 2.05) is 12.3 Å². The lowest BCUT2D eigenvalue weighted by molar-refractivity contribution is -0.385. The van der Waals surface area contributed by atoms with E-state index in [-0.39, 0.29) is 5.69 Å². The third-order valence-corrected chi connectivity index (χ3v) is 3.36. The van der Waals surface area contributed by atoms with E-state index in [9.17, 15) is 10.1 Å². The first-order valence-electron chi connectivity index (χ1n) is 6.19. The number of hydrogen-bond donors (Lipinski definition) is 1. The van der Waals surface area contributed by atoms with E-state index < -0.39 is 4.92 Å². The van der Waals surface area contributed by atoms with Gasteiger partial charge in [-0.25, -0.2) is 4.68 Å². The number of benzene rings is 1. The Morgan fingerprint density at radius 1 is 1.45 bits per heavy atom. The van der Waals surface area contributed by atoms with Crippen molar-refractivity contribution < 1.29 is 4.92 Å². The van der Waals surface area contributed by atoms with Crippen LogP contribution in [0.25, 0.3) is 5.69 Å². The molecule has 20 heavy (non-hydrogen) atoms. The molecule has 0 aliphatic carbocycles. The second-order valence-electron chi connectivity index (χ2n) is 4.68. The number of nitro groups is 1. The topological polar surface area (TPSA) is 73.0 Å². The summed E-state index contributed by atoms with van der Waals surface area (Å²) >= 11 is 3.21. The van der Waals surface area contributed by atoms with E-state index in [1.54, 1.807) is 16.8 Å². The lowest BCUT2D eigenvalue weighted by Gasteiger charge is -2.05. The minimum atomic E-state index is -0.422. The van der Waals surface area contributed by atoms with E-state index in [0.29, 0.717) is 17.1 Å². The van der Waals surface area contributed by atoms with E-state index in [1.165, 1.54) is 6.07 Å². The normalized spacial score (nSPS) is 11.0. The molecule has 0 unspecified atom stereocenters. The Hall–Kier alpha value is -1.73. The molecule has 0 aliphatic heterocycles. The van der Waals surface area contributed by atoms with Crippen LogP contribution in [0.1, 0.15) is 19.5 Å². The van der Waals surface area contributed by atoms with Crippen molar-refractivity contribution in [3.8, 4) is 5.69 Å². The van der Waals surface area contributed by atoms with Crippen LogP contribution in [0, 0.1) is 10.1 Å². The number of nitro benzene ring substituents is 1. The van der Waals surface area contributed by atoms with Gasteiger partial charge in [0.15, 0.2) is 0 Å². The molecular weight excluding hydrogens is 324 g/mol. The summed E-state index contributed by atoms with van der Waals surface area (Å²) in [4.78, 5) is 10.3. The van der Waals surface area contributed by atoms with Crippen LogP contribution in [0.5, 0.6) is 0 Å². The molecule has 0 aliphatic rings. The summed E-state index contributed by atoms with van der Waals surface area (Å²) in [6.45, 7) is 4.84.